The molecule has 148 valence electrons. The zero-order valence-corrected chi connectivity index (χ0v) is 15.3. The predicted molar refractivity (Wildman–Crippen MR) is 106 cm³/mol. The lowest BCUT2D eigenvalue weighted by Crippen LogP contribution is -2.44. The van der Waals surface area contributed by atoms with Crippen LogP contribution in [0, 0.1) is 5.82 Å². The van der Waals surface area contributed by atoms with E-state index in [1.165, 1.54) is 18.3 Å². The van der Waals surface area contributed by atoms with Crippen LogP contribution in [0.5, 0.6) is 5.75 Å². The lowest BCUT2D eigenvalue weighted by Gasteiger charge is -2.30. The summed E-state index contributed by atoms with van der Waals surface area (Å²) in [6.45, 7) is 1.47. The Balaban J connectivity index is 1.78. The summed E-state index contributed by atoms with van der Waals surface area (Å²) in [5, 5.41) is 22.4. The average molecular weight is 395 g/mol. The molecule has 1 aromatic heterocycles. The number of piperazine rings is 1. The van der Waals surface area contributed by atoms with Crippen LogP contribution in [0.25, 0.3) is 16.6 Å². The summed E-state index contributed by atoms with van der Waals surface area (Å²) in [5.74, 6) is -1.86. The molecule has 0 amide bonds. The Kier molecular flexibility index (Phi) is 3.85. The zero-order valence-electron chi connectivity index (χ0n) is 15.3. The van der Waals surface area contributed by atoms with Crippen molar-refractivity contribution < 1.29 is 19.4 Å². The van der Waals surface area contributed by atoms with Crippen LogP contribution in [0.2, 0.25) is 0 Å². The molecule has 2 saturated heterocycles. The molecule has 0 saturated carbocycles. The number of halogens is 1. The second-order valence-electron chi connectivity index (χ2n) is 7.53. The van der Waals surface area contributed by atoms with E-state index in [0.717, 1.165) is 19.0 Å². The van der Waals surface area contributed by atoms with E-state index in [1.807, 2.05) is 4.90 Å². The maximum Gasteiger partial charge on any atom is 0.341 e. The molecule has 2 atom stereocenters. The number of aromatic hydroxyl groups is 1. The summed E-state index contributed by atoms with van der Waals surface area (Å²) in [5.41, 5.74) is 0.205. The molecule has 2 aromatic carbocycles. The van der Waals surface area contributed by atoms with Crippen molar-refractivity contribution in [2.75, 3.05) is 18.0 Å². The number of carboxylic acid groups (broad SMARTS) is 1. The Morgan fingerprint density at radius 1 is 1.21 bits per heavy atom. The molecule has 0 unspecified atom stereocenters. The van der Waals surface area contributed by atoms with E-state index in [2.05, 4.69) is 5.32 Å². The SMILES string of the molecule is O=C(O)c1cn(-c2ccc(O)cc2)c2cc(N3C[C@@H]4C[C@H]3CN4)c(F)cc2c1=O. The van der Waals surface area contributed by atoms with Crippen molar-refractivity contribution in [2.45, 2.75) is 18.5 Å². The molecule has 2 aliphatic rings. The number of fused-ring (bicyclic) bond motifs is 3. The lowest BCUT2D eigenvalue weighted by atomic mass is 10.1. The van der Waals surface area contributed by atoms with Gasteiger partial charge in [-0.15, -0.1) is 0 Å². The highest BCUT2D eigenvalue weighted by Gasteiger charge is 2.38. The van der Waals surface area contributed by atoms with E-state index < -0.39 is 22.8 Å². The first-order valence-corrected chi connectivity index (χ1v) is 9.34. The number of benzene rings is 2. The number of hydrogen-bond donors (Lipinski definition) is 3. The van der Waals surface area contributed by atoms with Gasteiger partial charge in [0, 0.05) is 42.4 Å². The fourth-order valence-corrected chi connectivity index (χ4v) is 4.39. The summed E-state index contributed by atoms with van der Waals surface area (Å²) >= 11 is 0. The molecule has 5 rings (SSSR count). The van der Waals surface area contributed by atoms with Crippen LogP contribution in [-0.4, -0.2) is 45.9 Å². The summed E-state index contributed by atoms with van der Waals surface area (Å²) in [4.78, 5) is 26.3. The Morgan fingerprint density at radius 3 is 2.59 bits per heavy atom. The molecule has 3 heterocycles. The maximum atomic E-state index is 15.0. The molecule has 3 N–H and O–H groups in total. The van der Waals surface area contributed by atoms with E-state index in [-0.39, 0.29) is 17.2 Å². The van der Waals surface area contributed by atoms with Gasteiger partial charge in [-0.2, -0.15) is 0 Å². The smallest absolute Gasteiger partial charge is 0.341 e. The van der Waals surface area contributed by atoms with Crippen molar-refractivity contribution in [3.05, 3.63) is 64.2 Å². The Morgan fingerprint density at radius 2 is 1.97 bits per heavy atom. The van der Waals surface area contributed by atoms with Crippen LogP contribution in [0.3, 0.4) is 0 Å². The number of aromatic carboxylic acids is 1. The number of phenols is 1. The number of hydrogen-bond acceptors (Lipinski definition) is 5. The highest BCUT2D eigenvalue weighted by atomic mass is 19.1. The number of carboxylic acids is 1. The van der Waals surface area contributed by atoms with Crippen LogP contribution >= 0.6 is 0 Å². The third-order valence-corrected chi connectivity index (χ3v) is 5.80. The van der Waals surface area contributed by atoms with Gasteiger partial charge in [0.2, 0.25) is 5.43 Å². The fraction of sp³-hybridized carbons (Fsp3) is 0.238. The van der Waals surface area contributed by atoms with Crippen molar-refractivity contribution in [2.24, 2.45) is 0 Å². The first kappa shape index (κ1) is 17.7. The van der Waals surface area contributed by atoms with Gasteiger partial charge in [0.15, 0.2) is 0 Å². The second-order valence-corrected chi connectivity index (χ2v) is 7.53. The number of nitrogens with zero attached hydrogens (tertiary/aromatic N) is 2. The number of nitrogens with one attached hydrogen (secondary N) is 1. The second kappa shape index (κ2) is 6.31. The molecule has 0 spiro atoms. The molecule has 7 nitrogen and oxygen atoms in total. The van der Waals surface area contributed by atoms with Crippen LogP contribution in [-0.2, 0) is 0 Å². The number of rotatable bonds is 3. The number of pyridine rings is 1. The number of aromatic nitrogens is 1. The van der Waals surface area contributed by atoms with Crippen LogP contribution < -0.4 is 15.6 Å². The van der Waals surface area contributed by atoms with Gasteiger partial charge < -0.3 is 25.0 Å². The van der Waals surface area contributed by atoms with Crippen LogP contribution in [0.1, 0.15) is 16.8 Å². The zero-order chi connectivity index (χ0) is 20.3. The largest absolute Gasteiger partial charge is 0.508 e. The van der Waals surface area contributed by atoms with E-state index in [0.29, 0.717) is 29.5 Å². The van der Waals surface area contributed by atoms with Gasteiger partial charge in [0.05, 0.1) is 11.2 Å². The molecule has 0 radical (unpaired) electrons. The third-order valence-electron chi connectivity index (χ3n) is 5.80. The minimum atomic E-state index is -1.38. The number of anilines is 1. The van der Waals surface area contributed by atoms with E-state index >= 15 is 4.39 Å². The van der Waals surface area contributed by atoms with Gasteiger partial charge >= 0.3 is 5.97 Å². The van der Waals surface area contributed by atoms with E-state index in [4.69, 9.17) is 0 Å². The number of carbonyl (C=O) groups is 1. The third kappa shape index (κ3) is 2.75. The van der Waals surface area contributed by atoms with Gasteiger partial charge in [-0.1, -0.05) is 0 Å². The normalized spacial score (nSPS) is 20.5. The van der Waals surface area contributed by atoms with Crippen LogP contribution in [0.15, 0.2) is 47.4 Å². The first-order chi connectivity index (χ1) is 13.9. The minimum absolute atomic E-state index is 0.00158. The van der Waals surface area contributed by atoms with Crippen molar-refractivity contribution in [3.63, 3.8) is 0 Å². The summed E-state index contributed by atoms with van der Waals surface area (Å²) in [7, 11) is 0. The molecule has 2 bridgehead atoms. The standard InChI is InChI=1S/C21H18FN3O4/c22-17-6-15-18(7-19(17)24-9-11-5-13(24)8-23-11)25(10-16(20(15)27)21(28)29)12-1-3-14(26)4-2-12/h1-4,6-7,10-11,13,23,26H,5,8-9H2,(H,28,29)/t11-,13-/m0/s1. The molecule has 2 aliphatic heterocycles. The molecule has 8 heteroatoms. The Bertz CT molecular complexity index is 1210. The van der Waals surface area contributed by atoms with Crippen molar-refractivity contribution in [1.82, 2.24) is 9.88 Å². The van der Waals surface area contributed by atoms with Gasteiger partial charge in [0.1, 0.15) is 17.1 Å². The lowest BCUT2D eigenvalue weighted by molar-refractivity contribution is 0.0695. The molecule has 29 heavy (non-hydrogen) atoms. The highest BCUT2D eigenvalue weighted by Crippen LogP contribution is 2.34. The molecular formula is C21H18FN3O4. The van der Waals surface area contributed by atoms with Crippen molar-refractivity contribution in [3.8, 4) is 11.4 Å². The summed E-state index contributed by atoms with van der Waals surface area (Å²) in [6, 6.07) is 9.42. The van der Waals surface area contributed by atoms with Crippen LogP contribution in [0.4, 0.5) is 10.1 Å². The fourth-order valence-electron chi connectivity index (χ4n) is 4.39. The minimum Gasteiger partial charge on any atom is -0.508 e. The predicted octanol–water partition coefficient (Wildman–Crippen LogP) is 2.08. The maximum absolute atomic E-state index is 15.0. The van der Waals surface area contributed by atoms with Gasteiger partial charge in [0.25, 0.3) is 0 Å². The van der Waals surface area contributed by atoms with Crippen molar-refractivity contribution in [1.29, 1.82) is 0 Å². The monoisotopic (exact) mass is 395 g/mol. The molecule has 3 aromatic rings. The number of phenolic OH excluding ortho intramolecular Hbond substituents is 1. The molecular weight excluding hydrogens is 377 g/mol. The topological polar surface area (TPSA) is 94.8 Å². The quantitative estimate of drug-likeness (QED) is 0.629. The van der Waals surface area contributed by atoms with Crippen molar-refractivity contribution >= 4 is 22.6 Å². The highest BCUT2D eigenvalue weighted by molar-refractivity contribution is 5.94. The van der Waals surface area contributed by atoms with Gasteiger partial charge in [-0.25, -0.2) is 9.18 Å². The van der Waals surface area contributed by atoms with Gasteiger partial charge in [-0.3, -0.25) is 4.79 Å². The van der Waals surface area contributed by atoms with Gasteiger partial charge in [-0.05, 0) is 42.8 Å². The summed E-state index contributed by atoms with van der Waals surface area (Å²) < 4.78 is 16.6. The average Bonchev–Trinajstić information content (AvgIpc) is 3.32. The van der Waals surface area contributed by atoms with E-state index in [9.17, 15) is 19.8 Å². The molecule has 2 fully saturated rings. The Labute approximate surface area is 164 Å². The first-order valence-electron chi connectivity index (χ1n) is 9.34. The van der Waals surface area contributed by atoms with E-state index in [1.54, 1.807) is 22.8 Å². The Hall–Kier alpha value is -3.39. The summed E-state index contributed by atoms with van der Waals surface area (Å²) in [6.07, 6.45) is 2.19. The molecule has 0 aliphatic carbocycles.